The third-order valence-corrected chi connectivity index (χ3v) is 10.7. The fraction of sp³-hybridized carbons (Fsp3) is 0.345. The van der Waals surface area contributed by atoms with Crippen molar-refractivity contribution in [2.24, 2.45) is 5.92 Å². The van der Waals surface area contributed by atoms with Crippen LogP contribution in [0.4, 0.5) is 0 Å². The maximum Gasteiger partial charge on any atom is 0.167 e. The van der Waals surface area contributed by atoms with Crippen molar-refractivity contribution in [3.8, 4) is 0 Å². The van der Waals surface area contributed by atoms with Gasteiger partial charge in [-0.05, 0) is 73.2 Å². The monoisotopic (exact) mass is 488 g/mol. The molecule has 34 heavy (non-hydrogen) atoms. The molecular weight excluding hydrogens is 455 g/mol. The number of aliphatic hydroxyl groups is 1. The number of nitrogens with one attached hydrogen (secondary N) is 2. The zero-order valence-electron chi connectivity index (χ0n) is 19.6. The molecule has 5 heteroatoms. The minimum atomic E-state index is -0.448. The molecule has 2 aliphatic carbocycles. The second-order valence-corrected chi connectivity index (χ2v) is 12.4. The molecular formula is C29H33N2OPS. The van der Waals surface area contributed by atoms with Gasteiger partial charge < -0.3 is 15.7 Å². The van der Waals surface area contributed by atoms with Crippen LogP contribution in [-0.4, -0.2) is 28.0 Å². The molecule has 1 fully saturated rings. The summed E-state index contributed by atoms with van der Waals surface area (Å²) in [6, 6.07) is 30.5. The lowest BCUT2D eigenvalue weighted by Crippen LogP contribution is -2.48. The average Bonchev–Trinajstić information content (AvgIpc) is 3.45. The molecule has 0 saturated heterocycles. The molecule has 1 unspecified atom stereocenters. The molecule has 3 N–H and O–H groups in total. The summed E-state index contributed by atoms with van der Waals surface area (Å²) in [6.07, 6.45) is 3.95. The van der Waals surface area contributed by atoms with Gasteiger partial charge in [-0.3, -0.25) is 0 Å². The number of aliphatic hydroxyl groups excluding tert-OH is 1. The normalized spacial score (nSPS) is 24.6. The van der Waals surface area contributed by atoms with Gasteiger partial charge in [-0.15, -0.1) is 0 Å². The van der Waals surface area contributed by atoms with Gasteiger partial charge >= 0.3 is 0 Å². The second-order valence-electron chi connectivity index (χ2n) is 9.56. The summed E-state index contributed by atoms with van der Waals surface area (Å²) in [5.41, 5.74) is 2.97. The Morgan fingerprint density at radius 2 is 1.53 bits per heavy atom. The van der Waals surface area contributed by atoms with Gasteiger partial charge in [-0.1, -0.05) is 91.3 Å². The Morgan fingerprint density at radius 3 is 2.21 bits per heavy atom. The van der Waals surface area contributed by atoms with E-state index in [2.05, 4.69) is 90.4 Å². The summed E-state index contributed by atoms with van der Waals surface area (Å²) in [4.78, 5) is 0. The maximum atomic E-state index is 10.6. The van der Waals surface area contributed by atoms with Crippen LogP contribution in [0.3, 0.4) is 0 Å². The molecule has 2 aliphatic rings. The summed E-state index contributed by atoms with van der Waals surface area (Å²) in [6.45, 7) is 2.28. The minimum Gasteiger partial charge on any atom is -0.390 e. The van der Waals surface area contributed by atoms with Gasteiger partial charge in [-0.2, -0.15) is 0 Å². The van der Waals surface area contributed by atoms with E-state index in [1.165, 1.54) is 35.4 Å². The topological polar surface area (TPSA) is 44.3 Å². The van der Waals surface area contributed by atoms with Crippen molar-refractivity contribution < 1.29 is 5.11 Å². The molecule has 0 radical (unpaired) electrons. The summed E-state index contributed by atoms with van der Waals surface area (Å²) >= 11 is 5.75. The van der Waals surface area contributed by atoms with E-state index in [0.717, 1.165) is 5.56 Å². The zero-order chi connectivity index (χ0) is 23.5. The number of hydrogen-bond donors (Lipinski definition) is 3. The van der Waals surface area contributed by atoms with Gasteiger partial charge in [0.05, 0.1) is 12.1 Å². The predicted octanol–water partition coefficient (Wildman–Crippen LogP) is 4.80. The van der Waals surface area contributed by atoms with E-state index in [1.807, 2.05) is 12.1 Å². The van der Waals surface area contributed by atoms with E-state index < -0.39 is 14.0 Å². The van der Waals surface area contributed by atoms with Gasteiger partial charge in [0.2, 0.25) is 0 Å². The Morgan fingerprint density at radius 1 is 0.912 bits per heavy atom. The molecule has 0 spiro atoms. The van der Waals surface area contributed by atoms with Crippen LogP contribution in [0.25, 0.3) is 0 Å². The molecule has 3 aromatic carbocycles. The first-order valence-electron chi connectivity index (χ1n) is 12.3. The number of fused-ring (bicyclic) bond motifs is 1. The van der Waals surface area contributed by atoms with Crippen LogP contribution in [-0.2, 0) is 6.42 Å². The van der Waals surface area contributed by atoms with E-state index in [-0.39, 0.29) is 12.1 Å². The Labute approximate surface area is 209 Å². The molecule has 1 saturated carbocycles. The van der Waals surface area contributed by atoms with Crippen molar-refractivity contribution in [1.82, 2.24) is 10.6 Å². The number of rotatable bonds is 6. The van der Waals surface area contributed by atoms with Crippen molar-refractivity contribution in [2.75, 3.05) is 0 Å². The van der Waals surface area contributed by atoms with Gasteiger partial charge in [0.15, 0.2) is 5.11 Å². The van der Waals surface area contributed by atoms with Crippen LogP contribution in [0.5, 0.6) is 0 Å². The predicted molar refractivity (Wildman–Crippen MR) is 147 cm³/mol. The first-order chi connectivity index (χ1) is 16.6. The summed E-state index contributed by atoms with van der Waals surface area (Å²) in [5, 5.41) is 21.2. The fourth-order valence-corrected chi connectivity index (χ4v) is 9.42. The molecule has 0 amide bonds. The molecule has 5 atom stereocenters. The van der Waals surface area contributed by atoms with Gasteiger partial charge in [0.25, 0.3) is 0 Å². The lowest BCUT2D eigenvalue weighted by atomic mass is 9.99. The van der Waals surface area contributed by atoms with Crippen LogP contribution in [0.1, 0.15) is 43.4 Å². The van der Waals surface area contributed by atoms with Gasteiger partial charge in [0, 0.05) is 12.5 Å². The number of hydrogen-bond acceptors (Lipinski definition) is 2. The standard InChI is InChI=1S/C29H33N2OPS/c1-20(30-29(34)31-28-25-16-9-8-11-21(25)19-26(28)32)24-17-10-18-27(24)33(22-12-4-2-5-13-22)23-14-6-3-7-15-23/h2-9,11-16,20,24,26-28,32H,10,17-19H2,1H3,(H2,30,31,34)/t20-,24+,26+,27?,28+/m1/s1. The zero-order valence-corrected chi connectivity index (χ0v) is 21.3. The van der Waals surface area contributed by atoms with E-state index >= 15 is 0 Å². The van der Waals surface area contributed by atoms with Crippen molar-refractivity contribution in [1.29, 1.82) is 0 Å². The average molecular weight is 489 g/mol. The highest BCUT2D eigenvalue weighted by Crippen LogP contribution is 2.51. The van der Waals surface area contributed by atoms with Crippen LogP contribution < -0.4 is 21.2 Å². The summed E-state index contributed by atoms with van der Waals surface area (Å²) in [7, 11) is -0.447. The molecule has 0 bridgehead atoms. The molecule has 5 rings (SSSR count). The molecule has 3 nitrogen and oxygen atoms in total. The smallest absolute Gasteiger partial charge is 0.167 e. The van der Waals surface area contributed by atoms with Crippen LogP contribution in [0, 0.1) is 5.92 Å². The van der Waals surface area contributed by atoms with E-state index in [4.69, 9.17) is 12.2 Å². The number of benzene rings is 3. The van der Waals surface area contributed by atoms with Crippen LogP contribution in [0.2, 0.25) is 0 Å². The van der Waals surface area contributed by atoms with Crippen molar-refractivity contribution >= 4 is 35.9 Å². The molecule has 0 aliphatic heterocycles. The van der Waals surface area contributed by atoms with E-state index in [1.54, 1.807) is 0 Å². The lowest BCUT2D eigenvalue weighted by molar-refractivity contribution is 0.150. The fourth-order valence-electron chi connectivity index (χ4n) is 5.83. The lowest BCUT2D eigenvalue weighted by Gasteiger charge is -2.34. The second kappa shape index (κ2) is 10.6. The Bertz CT molecular complexity index is 1070. The highest BCUT2D eigenvalue weighted by molar-refractivity contribution is 7.80. The van der Waals surface area contributed by atoms with Gasteiger partial charge in [-0.25, -0.2) is 0 Å². The van der Waals surface area contributed by atoms with E-state index in [0.29, 0.717) is 23.1 Å². The van der Waals surface area contributed by atoms with Crippen molar-refractivity contribution in [3.05, 3.63) is 96.1 Å². The molecule has 0 aromatic heterocycles. The van der Waals surface area contributed by atoms with Crippen molar-refractivity contribution in [2.45, 2.75) is 56.5 Å². The third kappa shape index (κ3) is 4.91. The van der Waals surface area contributed by atoms with E-state index in [9.17, 15) is 5.11 Å². The quantitative estimate of drug-likeness (QED) is 0.345. The first kappa shape index (κ1) is 23.5. The summed E-state index contributed by atoms with van der Waals surface area (Å²) < 4.78 is 0. The van der Waals surface area contributed by atoms with Crippen LogP contribution in [0.15, 0.2) is 84.9 Å². The van der Waals surface area contributed by atoms with Crippen LogP contribution >= 0.6 is 20.1 Å². The Hall–Kier alpha value is -2.26. The highest BCUT2D eigenvalue weighted by Gasteiger charge is 2.38. The Balaban J connectivity index is 1.31. The maximum absolute atomic E-state index is 10.6. The Kier molecular flexibility index (Phi) is 7.29. The molecule has 0 heterocycles. The number of thiocarbonyl (C=S) groups is 1. The first-order valence-corrected chi connectivity index (χ1v) is 14.2. The summed E-state index contributed by atoms with van der Waals surface area (Å²) in [5.74, 6) is 0.548. The SMILES string of the molecule is C[C@@H](NC(=S)N[C@H]1c2ccccc2C[C@@H]1O)[C@@H]1CCCC1P(c1ccccc1)c1ccccc1. The van der Waals surface area contributed by atoms with Crippen molar-refractivity contribution in [3.63, 3.8) is 0 Å². The van der Waals surface area contributed by atoms with Gasteiger partial charge in [0.1, 0.15) is 0 Å². The largest absolute Gasteiger partial charge is 0.390 e. The molecule has 176 valence electrons. The molecule has 3 aromatic rings. The third-order valence-electron chi connectivity index (χ3n) is 7.42. The minimum absolute atomic E-state index is 0.145. The highest BCUT2D eigenvalue weighted by atomic mass is 32.1.